The normalized spacial score (nSPS) is 15.0. The number of nitrogens with zero attached hydrogens (tertiary/aromatic N) is 2. The van der Waals surface area contributed by atoms with Crippen LogP contribution in [0.2, 0.25) is 5.02 Å². The number of carbonyl (C=O) groups excluding carboxylic acids is 3. The van der Waals surface area contributed by atoms with E-state index in [0.29, 0.717) is 29.4 Å². The van der Waals surface area contributed by atoms with E-state index in [1.165, 1.54) is 7.11 Å². The van der Waals surface area contributed by atoms with Gasteiger partial charge in [-0.2, -0.15) is 0 Å². The van der Waals surface area contributed by atoms with E-state index in [-0.39, 0.29) is 18.0 Å². The smallest absolute Gasteiger partial charge is 0.331 e. The van der Waals surface area contributed by atoms with Crippen LogP contribution in [0.5, 0.6) is 0 Å². The van der Waals surface area contributed by atoms with Crippen LogP contribution in [0, 0.1) is 0 Å². The fourth-order valence-electron chi connectivity index (χ4n) is 4.10. The molecule has 9 nitrogen and oxygen atoms in total. The van der Waals surface area contributed by atoms with Gasteiger partial charge in [0.15, 0.2) is 23.3 Å². The number of esters is 1. The average Bonchev–Trinajstić information content (AvgIpc) is 3.17. The van der Waals surface area contributed by atoms with Gasteiger partial charge in [0.05, 0.1) is 25.4 Å². The third-order valence-electron chi connectivity index (χ3n) is 5.61. The largest absolute Gasteiger partial charge is 0.467 e. The molecule has 0 spiro atoms. The number of aryl methyl sites for hydroxylation is 1. The number of benzene rings is 1. The second-order valence-corrected chi connectivity index (χ2v) is 9.97. The molecule has 0 fully saturated rings. The molecule has 2 atom stereocenters. The highest BCUT2D eigenvalue weighted by atomic mass is 35.5. The van der Waals surface area contributed by atoms with Crippen LogP contribution in [0.4, 0.5) is 5.82 Å². The summed E-state index contributed by atoms with van der Waals surface area (Å²) in [5.74, 6) is -0.248. The Labute approximate surface area is 210 Å². The lowest BCUT2D eigenvalue weighted by Crippen LogP contribution is -2.51. The van der Waals surface area contributed by atoms with Gasteiger partial charge in [-0.05, 0) is 52.7 Å². The van der Waals surface area contributed by atoms with Crippen LogP contribution in [0.1, 0.15) is 67.2 Å². The van der Waals surface area contributed by atoms with Crippen molar-refractivity contribution in [2.45, 2.75) is 71.2 Å². The Morgan fingerprint density at radius 3 is 2.63 bits per heavy atom. The summed E-state index contributed by atoms with van der Waals surface area (Å²) in [6, 6.07) is 5.65. The van der Waals surface area contributed by atoms with E-state index in [4.69, 9.17) is 21.1 Å². The number of nitrogens with one attached hydrogen (secondary N) is 2. The zero-order valence-corrected chi connectivity index (χ0v) is 21.6. The predicted molar refractivity (Wildman–Crippen MR) is 133 cm³/mol. The van der Waals surface area contributed by atoms with Gasteiger partial charge in [0.1, 0.15) is 5.82 Å². The minimum atomic E-state index is -1.03. The number of anilines is 1. The Bertz CT molecular complexity index is 1090. The molecule has 1 amide bonds. The maximum Gasteiger partial charge on any atom is 0.331 e. The molecule has 35 heavy (non-hydrogen) atoms. The van der Waals surface area contributed by atoms with Gasteiger partial charge in [0, 0.05) is 23.6 Å². The number of amides is 1. The summed E-state index contributed by atoms with van der Waals surface area (Å²) in [6.45, 7) is 7.86. The number of Topliss-reactive ketones (excluding diaryl/α,β-unsaturated/α-hetero) is 1. The van der Waals surface area contributed by atoms with Crippen molar-refractivity contribution in [1.29, 1.82) is 0 Å². The number of imidazole rings is 1. The molecule has 1 aromatic carbocycles. The van der Waals surface area contributed by atoms with Crippen LogP contribution < -0.4 is 10.6 Å². The topological polar surface area (TPSA) is 112 Å². The van der Waals surface area contributed by atoms with Gasteiger partial charge in [-0.15, -0.1) is 0 Å². The first-order chi connectivity index (χ1) is 16.5. The first-order valence-corrected chi connectivity index (χ1v) is 12.1. The molecule has 0 saturated carbocycles. The molecule has 0 saturated heterocycles. The predicted octanol–water partition coefficient (Wildman–Crippen LogP) is 3.64. The molecule has 2 aromatic rings. The number of hydrogen-bond donors (Lipinski definition) is 2. The van der Waals surface area contributed by atoms with Gasteiger partial charge >= 0.3 is 5.97 Å². The number of aromatic nitrogens is 2. The van der Waals surface area contributed by atoms with Crippen molar-refractivity contribution >= 4 is 35.1 Å². The lowest BCUT2D eigenvalue weighted by atomic mass is 10.1. The number of hydrogen-bond acceptors (Lipinski definition) is 7. The Hall–Kier alpha value is -2.91. The number of halogens is 1. The van der Waals surface area contributed by atoms with Crippen LogP contribution in [-0.2, 0) is 27.2 Å². The highest BCUT2D eigenvalue weighted by Crippen LogP contribution is 2.24. The number of rotatable bonds is 9. The molecule has 2 heterocycles. The van der Waals surface area contributed by atoms with Crippen LogP contribution in [-0.4, -0.2) is 58.6 Å². The lowest BCUT2D eigenvalue weighted by Gasteiger charge is -2.30. The summed E-state index contributed by atoms with van der Waals surface area (Å²) in [7, 11) is 1.26. The summed E-state index contributed by atoms with van der Waals surface area (Å²) in [5.41, 5.74) is 0.203. The summed E-state index contributed by atoms with van der Waals surface area (Å²) < 4.78 is 12.7. The highest BCUT2D eigenvalue weighted by molar-refractivity contribution is 6.31. The molecule has 1 aromatic heterocycles. The molecule has 3 rings (SSSR count). The van der Waals surface area contributed by atoms with Gasteiger partial charge in [0.25, 0.3) is 5.91 Å². The SMILES string of the molecule is COC(=O)C(NC(=O)c1c(NCC(=O)c2cccc(Cl)c2)nc2n1CCCC2)C(C)OC(C)(C)C. The van der Waals surface area contributed by atoms with Crippen molar-refractivity contribution in [3.8, 4) is 0 Å². The Morgan fingerprint density at radius 1 is 1.23 bits per heavy atom. The van der Waals surface area contributed by atoms with Crippen LogP contribution >= 0.6 is 11.6 Å². The molecular formula is C25H33ClN4O5. The van der Waals surface area contributed by atoms with E-state index in [1.807, 2.05) is 25.3 Å². The number of ether oxygens (including phenoxy) is 2. The van der Waals surface area contributed by atoms with E-state index in [9.17, 15) is 14.4 Å². The zero-order valence-electron chi connectivity index (χ0n) is 20.8. The molecular weight excluding hydrogens is 472 g/mol. The molecule has 0 bridgehead atoms. The fourth-order valence-corrected chi connectivity index (χ4v) is 4.29. The quantitative estimate of drug-likeness (QED) is 0.396. The highest BCUT2D eigenvalue weighted by Gasteiger charge is 2.34. The third-order valence-corrected chi connectivity index (χ3v) is 5.84. The zero-order chi connectivity index (χ0) is 25.8. The fraction of sp³-hybridized carbons (Fsp3) is 0.520. The van der Waals surface area contributed by atoms with Crippen LogP contribution in [0.3, 0.4) is 0 Å². The first-order valence-electron chi connectivity index (χ1n) is 11.7. The summed E-state index contributed by atoms with van der Waals surface area (Å²) in [4.78, 5) is 43.3. The van der Waals surface area contributed by atoms with Crippen LogP contribution in [0.25, 0.3) is 0 Å². The molecule has 2 unspecified atom stereocenters. The molecule has 0 radical (unpaired) electrons. The molecule has 1 aliphatic heterocycles. The van der Waals surface area contributed by atoms with Gasteiger partial charge < -0.3 is 24.7 Å². The Morgan fingerprint density at radius 2 is 1.97 bits per heavy atom. The second-order valence-electron chi connectivity index (χ2n) is 9.53. The number of carbonyl (C=O) groups is 3. The van der Waals surface area contributed by atoms with Crippen molar-refractivity contribution in [3.05, 3.63) is 46.4 Å². The maximum atomic E-state index is 13.5. The third kappa shape index (κ3) is 6.82. The average molecular weight is 505 g/mol. The van der Waals surface area contributed by atoms with Gasteiger partial charge in [-0.1, -0.05) is 23.7 Å². The lowest BCUT2D eigenvalue weighted by molar-refractivity contribution is -0.150. The maximum absolute atomic E-state index is 13.5. The Kier molecular flexibility index (Phi) is 8.56. The minimum absolute atomic E-state index is 0.0684. The van der Waals surface area contributed by atoms with E-state index in [0.717, 1.165) is 18.7 Å². The summed E-state index contributed by atoms with van der Waals surface area (Å²) >= 11 is 6.00. The molecule has 10 heteroatoms. The number of ketones is 1. The molecule has 190 valence electrons. The summed E-state index contributed by atoms with van der Waals surface area (Å²) in [5, 5.41) is 6.25. The molecule has 0 aliphatic carbocycles. The first kappa shape index (κ1) is 26.7. The van der Waals surface area contributed by atoms with Crippen molar-refractivity contribution in [1.82, 2.24) is 14.9 Å². The molecule has 1 aliphatic rings. The standard InChI is InChI=1S/C25H33ClN4O5/c1-15(35-25(2,3)4)20(24(33)34-5)29-23(32)21-22(28-19-11-6-7-12-30(19)21)27-14-18(31)16-9-8-10-17(26)13-16/h8-10,13,15,20,27H,6-7,11-12,14H2,1-5H3,(H,29,32). The van der Waals surface area contributed by atoms with E-state index in [2.05, 4.69) is 15.6 Å². The van der Waals surface area contributed by atoms with Crippen molar-refractivity contribution in [2.24, 2.45) is 0 Å². The van der Waals surface area contributed by atoms with Gasteiger partial charge in [0.2, 0.25) is 0 Å². The van der Waals surface area contributed by atoms with Crippen molar-refractivity contribution in [2.75, 3.05) is 19.0 Å². The van der Waals surface area contributed by atoms with E-state index in [1.54, 1.807) is 31.2 Å². The molecule has 2 N–H and O–H groups in total. The monoisotopic (exact) mass is 504 g/mol. The van der Waals surface area contributed by atoms with E-state index >= 15 is 0 Å². The number of methoxy groups -OCH3 is 1. The van der Waals surface area contributed by atoms with Gasteiger partial charge in [-0.3, -0.25) is 9.59 Å². The minimum Gasteiger partial charge on any atom is -0.467 e. The van der Waals surface area contributed by atoms with Gasteiger partial charge in [-0.25, -0.2) is 9.78 Å². The van der Waals surface area contributed by atoms with Crippen LogP contribution in [0.15, 0.2) is 24.3 Å². The van der Waals surface area contributed by atoms with Crippen molar-refractivity contribution in [3.63, 3.8) is 0 Å². The van der Waals surface area contributed by atoms with Crippen molar-refractivity contribution < 1.29 is 23.9 Å². The Balaban J connectivity index is 1.85. The number of fused-ring (bicyclic) bond motifs is 1. The second kappa shape index (κ2) is 11.2. The summed E-state index contributed by atoms with van der Waals surface area (Å²) in [6.07, 6.45) is 1.93. The van der Waals surface area contributed by atoms with E-state index < -0.39 is 29.6 Å².